The van der Waals surface area contributed by atoms with Gasteiger partial charge in [0.25, 0.3) is 5.56 Å². The number of ether oxygens (including phenoxy) is 1. The second kappa shape index (κ2) is 5.86. The SMILES string of the molecule is COc1ccc(=O)n(Cc2ccc(CN)cc2Cl)n1. The molecule has 19 heavy (non-hydrogen) atoms. The van der Waals surface area contributed by atoms with Crippen molar-refractivity contribution in [2.24, 2.45) is 5.73 Å². The zero-order chi connectivity index (χ0) is 13.8. The van der Waals surface area contributed by atoms with Gasteiger partial charge in [0.2, 0.25) is 5.88 Å². The average molecular weight is 280 g/mol. The van der Waals surface area contributed by atoms with Crippen molar-refractivity contribution in [3.05, 3.63) is 56.8 Å². The normalized spacial score (nSPS) is 10.5. The van der Waals surface area contributed by atoms with Gasteiger partial charge in [0.05, 0.1) is 13.7 Å². The molecule has 0 aliphatic heterocycles. The Morgan fingerprint density at radius 2 is 2.16 bits per heavy atom. The molecule has 1 aromatic heterocycles. The first kappa shape index (κ1) is 13.6. The number of nitrogens with two attached hydrogens (primary N) is 1. The molecule has 0 unspecified atom stereocenters. The molecule has 0 amide bonds. The van der Waals surface area contributed by atoms with Crippen LogP contribution in [0.5, 0.6) is 5.88 Å². The fraction of sp³-hybridized carbons (Fsp3) is 0.231. The highest BCUT2D eigenvalue weighted by atomic mass is 35.5. The topological polar surface area (TPSA) is 70.1 Å². The molecule has 6 heteroatoms. The van der Waals surface area contributed by atoms with Gasteiger partial charge >= 0.3 is 0 Å². The Labute approximate surface area is 115 Å². The molecule has 0 atom stereocenters. The maximum atomic E-state index is 11.7. The molecule has 2 aromatic rings. The summed E-state index contributed by atoms with van der Waals surface area (Å²) in [5, 5.41) is 4.64. The van der Waals surface area contributed by atoms with Crippen molar-refractivity contribution in [2.75, 3.05) is 7.11 Å². The highest BCUT2D eigenvalue weighted by Crippen LogP contribution is 2.18. The second-order valence-corrected chi connectivity index (χ2v) is 4.41. The Morgan fingerprint density at radius 1 is 1.37 bits per heavy atom. The summed E-state index contributed by atoms with van der Waals surface area (Å²) in [6.07, 6.45) is 0. The predicted octanol–water partition coefficient (Wildman–Crippen LogP) is 1.41. The van der Waals surface area contributed by atoms with Crippen molar-refractivity contribution in [3.63, 3.8) is 0 Å². The van der Waals surface area contributed by atoms with Crippen LogP contribution in [0.25, 0.3) is 0 Å². The van der Waals surface area contributed by atoms with E-state index in [1.165, 1.54) is 23.9 Å². The first-order chi connectivity index (χ1) is 9.13. The number of nitrogens with zero attached hydrogens (tertiary/aromatic N) is 2. The molecular formula is C13H14ClN3O2. The van der Waals surface area contributed by atoms with Gasteiger partial charge in [0, 0.05) is 23.7 Å². The summed E-state index contributed by atoms with van der Waals surface area (Å²) >= 11 is 6.15. The van der Waals surface area contributed by atoms with Crippen LogP contribution in [0.15, 0.2) is 35.1 Å². The second-order valence-electron chi connectivity index (χ2n) is 4.00. The van der Waals surface area contributed by atoms with E-state index in [1.807, 2.05) is 12.1 Å². The van der Waals surface area contributed by atoms with E-state index >= 15 is 0 Å². The van der Waals surface area contributed by atoms with E-state index in [-0.39, 0.29) is 5.56 Å². The van der Waals surface area contributed by atoms with E-state index in [4.69, 9.17) is 22.1 Å². The number of methoxy groups -OCH3 is 1. The number of benzene rings is 1. The highest BCUT2D eigenvalue weighted by Gasteiger charge is 2.06. The number of hydrogen-bond donors (Lipinski definition) is 1. The van der Waals surface area contributed by atoms with E-state index in [2.05, 4.69) is 5.10 Å². The summed E-state index contributed by atoms with van der Waals surface area (Å²) in [6, 6.07) is 8.46. The van der Waals surface area contributed by atoms with E-state index in [0.29, 0.717) is 24.0 Å². The lowest BCUT2D eigenvalue weighted by Crippen LogP contribution is -2.22. The van der Waals surface area contributed by atoms with Gasteiger partial charge < -0.3 is 10.5 Å². The summed E-state index contributed by atoms with van der Waals surface area (Å²) in [6.45, 7) is 0.719. The smallest absolute Gasteiger partial charge is 0.267 e. The van der Waals surface area contributed by atoms with Crippen LogP contribution < -0.4 is 16.0 Å². The number of halogens is 1. The minimum absolute atomic E-state index is 0.209. The van der Waals surface area contributed by atoms with Crippen LogP contribution >= 0.6 is 11.6 Å². The highest BCUT2D eigenvalue weighted by molar-refractivity contribution is 6.31. The van der Waals surface area contributed by atoms with E-state index in [1.54, 1.807) is 6.07 Å². The van der Waals surface area contributed by atoms with Crippen LogP contribution in [-0.2, 0) is 13.1 Å². The van der Waals surface area contributed by atoms with Crippen molar-refractivity contribution >= 4 is 11.6 Å². The van der Waals surface area contributed by atoms with Gasteiger partial charge in [0.1, 0.15) is 0 Å². The van der Waals surface area contributed by atoms with Crippen LogP contribution in [0, 0.1) is 0 Å². The van der Waals surface area contributed by atoms with Crippen LogP contribution in [0.3, 0.4) is 0 Å². The van der Waals surface area contributed by atoms with Crippen LogP contribution in [0.2, 0.25) is 5.02 Å². The molecule has 0 fully saturated rings. The molecule has 2 rings (SSSR count). The summed E-state index contributed by atoms with van der Waals surface area (Å²) in [4.78, 5) is 11.7. The van der Waals surface area contributed by atoms with E-state index < -0.39 is 0 Å². The van der Waals surface area contributed by atoms with Crippen molar-refractivity contribution < 1.29 is 4.74 Å². The molecule has 1 aromatic carbocycles. The van der Waals surface area contributed by atoms with E-state index in [9.17, 15) is 4.79 Å². The Balaban J connectivity index is 2.33. The van der Waals surface area contributed by atoms with Crippen molar-refractivity contribution in [1.82, 2.24) is 9.78 Å². The summed E-state index contributed by atoms with van der Waals surface area (Å²) in [5.41, 5.74) is 7.08. The van der Waals surface area contributed by atoms with Gasteiger partial charge in [-0.2, -0.15) is 0 Å². The van der Waals surface area contributed by atoms with Gasteiger partial charge in [-0.15, -0.1) is 5.10 Å². The minimum Gasteiger partial charge on any atom is -0.480 e. The van der Waals surface area contributed by atoms with Crippen LogP contribution in [0.4, 0.5) is 0 Å². The quantitative estimate of drug-likeness (QED) is 0.919. The average Bonchev–Trinajstić information content (AvgIpc) is 2.43. The van der Waals surface area contributed by atoms with Gasteiger partial charge in [-0.25, -0.2) is 4.68 Å². The lowest BCUT2D eigenvalue weighted by atomic mass is 10.1. The monoisotopic (exact) mass is 279 g/mol. The fourth-order valence-corrected chi connectivity index (χ4v) is 1.92. The van der Waals surface area contributed by atoms with E-state index in [0.717, 1.165) is 11.1 Å². The molecular weight excluding hydrogens is 266 g/mol. The first-order valence-corrected chi connectivity index (χ1v) is 6.11. The lowest BCUT2D eigenvalue weighted by Gasteiger charge is -2.08. The summed E-state index contributed by atoms with van der Waals surface area (Å²) in [5.74, 6) is 0.384. The molecule has 0 aliphatic carbocycles. The Hall–Kier alpha value is -1.85. The summed E-state index contributed by atoms with van der Waals surface area (Å²) < 4.78 is 6.30. The zero-order valence-electron chi connectivity index (χ0n) is 10.5. The number of hydrogen-bond acceptors (Lipinski definition) is 4. The predicted molar refractivity (Wildman–Crippen MR) is 73.5 cm³/mol. The largest absolute Gasteiger partial charge is 0.480 e. The molecule has 2 N–H and O–H groups in total. The minimum atomic E-state index is -0.209. The molecule has 100 valence electrons. The zero-order valence-corrected chi connectivity index (χ0v) is 11.2. The molecule has 0 radical (unpaired) electrons. The van der Waals surface area contributed by atoms with Crippen molar-refractivity contribution in [1.29, 1.82) is 0 Å². The van der Waals surface area contributed by atoms with Crippen molar-refractivity contribution in [2.45, 2.75) is 13.1 Å². The fourth-order valence-electron chi connectivity index (χ4n) is 1.66. The van der Waals surface area contributed by atoms with Gasteiger partial charge in [0.15, 0.2) is 0 Å². The van der Waals surface area contributed by atoms with Gasteiger partial charge in [-0.05, 0) is 17.2 Å². The third-order valence-corrected chi connectivity index (χ3v) is 3.08. The Morgan fingerprint density at radius 3 is 2.79 bits per heavy atom. The van der Waals surface area contributed by atoms with Crippen LogP contribution in [0.1, 0.15) is 11.1 Å². The molecule has 0 spiro atoms. The van der Waals surface area contributed by atoms with Gasteiger partial charge in [-0.3, -0.25) is 4.79 Å². The molecule has 0 saturated carbocycles. The molecule has 0 aliphatic rings. The molecule has 0 bridgehead atoms. The Kier molecular flexibility index (Phi) is 4.19. The van der Waals surface area contributed by atoms with Crippen LogP contribution in [-0.4, -0.2) is 16.9 Å². The number of rotatable bonds is 4. The standard InChI is InChI=1S/C13H14ClN3O2/c1-19-12-4-5-13(18)17(16-12)8-10-3-2-9(7-15)6-11(10)14/h2-6H,7-8,15H2,1H3. The lowest BCUT2D eigenvalue weighted by molar-refractivity contribution is 0.379. The Bertz CT molecular complexity index is 640. The maximum Gasteiger partial charge on any atom is 0.267 e. The molecule has 5 nitrogen and oxygen atoms in total. The summed E-state index contributed by atoms with van der Waals surface area (Å²) in [7, 11) is 1.50. The molecule has 1 heterocycles. The van der Waals surface area contributed by atoms with Crippen molar-refractivity contribution in [3.8, 4) is 5.88 Å². The molecule has 0 saturated heterocycles. The third kappa shape index (κ3) is 3.13. The first-order valence-electron chi connectivity index (χ1n) is 5.73. The maximum absolute atomic E-state index is 11.7. The number of aromatic nitrogens is 2. The van der Waals surface area contributed by atoms with Gasteiger partial charge in [-0.1, -0.05) is 23.7 Å². The third-order valence-electron chi connectivity index (χ3n) is 2.72.